The van der Waals surface area contributed by atoms with Crippen LogP contribution in [0.3, 0.4) is 0 Å². The van der Waals surface area contributed by atoms with Crippen LogP contribution in [-0.4, -0.2) is 36.0 Å². The summed E-state index contributed by atoms with van der Waals surface area (Å²) in [7, 11) is -4.28. The van der Waals surface area contributed by atoms with Gasteiger partial charge in [-0.05, 0) is 44.2 Å². The summed E-state index contributed by atoms with van der Waals surface area (Å²) in [6.45, 7) is 5.16. The Balaban J connectivity index is 2.17. The summed E-state index contributed by atoms with van der Waals surface area (Å²) < 4.78 is 25.9. The highest BCUT2D eigenvalue weighted by atomic mass is 32.2. The number of hydrogen-bond acceptors (Lipinski definition) is 6. The molecule has 1 saturated carbocycles. The lowest BCUT2D eigenvalue weighted by Gasteiger charge is -2.28. The Morgan fingerprint density at radius 3 is 2.22 bits per heavy atom. The SMILES string of the molecule is Cc1cc(C)c(S(=O)(=O)N(N)C(=O)C(O)[C@H](N)CC2CCCCC2)c(C)c1. The molecule has 1 unspecified atom stereocenters. The van der Waals surface area contributed by atoms with Crippen molar-refractivity contribution in [2.75, 3.05) is 0 Å². The fourth-order valence-electron chi connectivity index (χ4n) is 4.04. The maximum Gasteiger partial charge on any atom is 0.281 e. The number of benzene rings is 1. The molecule has 5 N–H and O–H groups in total. The number of hydrazine groups is 1. The number of aryl methyl sites for hydroxylation is 3. The molecule has 0 aromatic heterocycles. The van der Waals surface area contributed by atoms with E-state index in [1.54, 1.807) is 26.0 Å². The van der Waals surface area contributed by atoms with Gasteiger partial charge in [0.25, 0.3) is 15.9 Å². The molecule has 2 rings (SSSR count). The summed E-state index contributed by atoms with van der Waals surface area (Å²) in [6, 6.07) is 2.58. The van der Waals surface area contributed by atoms with Crippen LogP contribution in [0, 0.1) is 26.7 Å². The molecule has 7 nitrogen and oxygen atoms in total. The number of rotatable bonds is 6. The number of carbonyl (C=O) groups is 1. The smallest absolute Gasteiger partial charge is 0.281 e. The fraction of sp³-hybridized carbons (Fsp3) is 0.632. The summed E-state index contributed by atoms with van der Waals surface area (Å²) in [5, 5.41) is 10.3. The Labute approximate surface area is 161 Å². The first kappa shape index (κ1) is 21.8. The Morgan fingerprint density at radius 1 is 1.19 bits per heavy atom. The van der Waals surface area contributed by atoms with Crippen molar-refractivity contribution in [1.29, 1.82) is 0 Å². The molecule has 1 amide bonds. The molecule has 8 heteroatoms. The highest BCUT2D eigenvalue weighted by Gasteiger charge is 2.36. The zero-order valence-electron chi connectivity index (χ0n) is 16.3. The van der Waals surface area contributed by atoms with Crippen LogP contribution in [0.25, 0.3) is 0 Å². The molecule has 1 fully saturated rings. The predicted octanol–water partition coefficient (Wildman–Crippen LogP) is 1.66. The Kier molecular flexibility index (Phi) is 7.02. The molecule has 0 spiro atoms. The molecule has 0 radical (unpaired) electrons. The Bertz CT molecular complexity index is 765. The Morgan fingerprint density at radius 2 is 1.70 bits per heavy atom. The molecule has 27 heavy (non-hydrogen) atoms. The largest absolute Gasteiger partial charge is 0.382 e. The van der Waals surface area contributed by atoms with Gasteiger partial charge in [-0.3, -0.25) is 4.79 Å². The van der Waals surface area contributed by atoms with Crippen LogP contribution in [0.15, 0.2) is 17.0 Å². The molecule has 1 aromatic carbocycles. The first-order chi connectivity index (χ1) is 12.6. The van der Waals surface area contributed by atoms with E-state index in [9.17, 15) is 18.3 Å². The molecule has 0 bridgehead atoms. The van der Waals surface area contributed by atoms with Crippen LogP contribution in [0.1, 0.15) is 55.2 Å². The van der Waals surface area contributed by atoms with E-state index in [2.05, 4.69) is 0 Å². The standard InChI is InChI=1S/C19H31N3O4S/c1-12-9-13(2)18(14(3)10-12)27(25,26)22(21)19(24)17(23)16(20)11-15-7-5-4-6-8-15/h9-10,15-17,23H,4-8,11,20-21H2,1-3H3/t16-,17?/m1/s1. The van der Waals surface area contributed by atoms with Gasteiger partial charge in [-0.25, -0.2) is 5.84 Å². The fourth-order valence-corrected chi connectivity index (χ4v) is 5.51. The van der Waals surface area contributed by atoms with Crippen molar-refractivity contribution in [3.63, 3.8) is 0 Å². The van der Waals surface area contributed by atoms with E-state index in [4.69, 9.17) is 11.6 Å². The normalized spacial score (nSPS) is 18.1. The quantitative estimate of drug-likeness (QED) is 0.381. The van der Waals surface area contributed by atoms with Gasteiger partial charge in [-0.2, -0.15) is 12.8 Å². The van der Waals surface area contributed by atoms with Crippen molar-refractivity contribution in [1.82, 2.24) is 4.41 Å². The lowest BCUT2D eigenvalue weighted by atomic mass is 9.84. The summed E-state index contributed by atoms with van der Waals surface area (Å²) in [6.07, 6.45) is 4.27. The predicted molar refractivity (Wildman–Crippen MR) is 104 cm³/mol. The van der Waals surface area contributed by atoms with E-state index in [1.807, 2.05) is 6.92 Å². The number of aliphatic hydroxyl groups is 1. The van der Waals surface area contributed by atoms with E-state index in [0.717, 1.165) is 31.2 Å². The van der Waals surface area contributed by atoms with Gasteiger partial charge in [-0.15, -0.1) is 0 Å². The number of nitrogens with zero attached hydrogens (tertiary/aromatic N) is 1. The van der Waals surface area contributed by atoms with Gasteiger partial charge < -0.3 is 10.8 Å². The zero-order chi connectivity index (χ0) is 20.4. The summed E-state index contributed by atoms with van der Waals surface area (Å²) >= 11 is 0. The number of hydrogen-bond donors (Lipinski definition) is 3. The highest BCUT2D eigenvalue weighted by Crippen LogP contribution is 2.28. The van der Waals surface area contributed by atoms with Crippen molar-refractivity contribution in [3.8, 4) is 0 Å². The highest BCUT2D eigenvalue weighted by molar-refractivity contribution is 7.89. The second-order valence-corrected chi connectivity index (χ2v) is 9.47. The second kappa shape index (κ2) is 8.68. The van der Waals surface area contributed by atoms with Gasteiger partial charge in [0.05, 0.1) is 4.90 Å². The maximum absolute atomic E-state index is 12.9. The van der Waals surface area contributed by atoms with Crippen LogP contribution in [0.4, 0.5) is 0 Å². The van der Waals surface area contributed by atoms with Gasteiger partial charge in [0.15, 0.2) is 0 Å². The zero-order valence-corrected chi connectivity index (χ0v) is 17.1. The Hall–Kier alpha value is -1.48. The van der Waals surface area contributed by atoms with Crippen LogP contribution in [0.2, 0.25) is 0 Å². The second-order valence-electron chi connectivity index (χ2n) is 7.72. The van der Waals surface area contributed by atoms with Crippen LogP contribution in [0.5, 0.6) is 0 Å². The number of nitrogens with two attached hydrogens (primary N) is 2. The molecule has 2 atom stereocenters. The van der Waals surface area contributed by atoms with E-state index >= 15 is 0 Å². The van der Waals surface area contributed by atoms with Crippen molar-refractivity contribution in [2.45, 2.75) is 76.3 Å². The molecule has 0 aliphatic heterocycles. The monoisotopic (exact) mass is 397 g/mol. The van der Waals surface area contributed by atoms with Crippen molar-refractivity contribution in [3.05, 3.63) is 28.8 Å². The number of aliphatic hydroxyl groups excluding tert-OH is 1. The van der Waals surface area contributed by atoms with Gasteiger partial charge in [0.2, 0.25) is 0 Å². The summed E-state index contributed by atoms with van der Waals surface area (Å²) in [5.41, 5.74) is 7.91. The number of sulfonamides is 1. The maximum atomic E-state index is 12.9. The van der Waals surface area contributed by atoms with Crippen molar-refractivity contribution < 1.29 is 18.3 Å². The lowest BCUT2D eigenvalue weighted by Crippen LogP contribution is -2.53. The summed E-state index contributed by atoms with van der Waals surface area (Å²) in [5.74, 6) is 4.90. The van der Waals surface area contributed by atoms with Crippen LogP contribution in [-0.2, 0) is 14.8 Å². The minimum atomic E-state index is -4.28. The van der Waals surface area contributed by atoms with Gasteiger partial charge in [0, 0.05) is 6.04 Å². The molecule has 1 aliphatic rings. The van der Waals surface area contributed by atoms with Crippen LogP contribution >= 0.6 is 0 Å². The van der Waals surface area contributed by atoms with E-state index in [-0.39, 0.29) is 9.31 Å². The minimum absolute atomic E-state index is 0.0167. The third kappa shape index (κ3) is 4.87. The molecular formula is C19H31N3O4S. The topological polar surface area (TPSA) is 127 Å². The van der Waals surface area contributed by atoms with Gasteiger partial charge in [-0.1, -0.05) is 49.8 Å². The molecule has 0 saturated heterocycles. The average molecular weight is 398 g/mol. The first-order valence-corrected chi connectivity index (χ1v) is 10.8. The van der Waals surface area contributed by atoms with E-state index < -0.39 is 28.1 Å². The van der Waals surface area contributed by atoms with Crippen LogP contribution < -0.4 is 11.6 Å². The van der Waals surface area contributed by atoms with Crippen molar-refractivity contribution >= 4 is 15.9 Å². The molecule has 0 heterocycles. The average Bonchev–Trinajstić information content (AvgIpc) is 2.59. The van der Waals surface area contributed by atoms with Gasteiger partial charge in [0.1, 0.15) is 6.10 Å². The van der Waals surface area contributed by atoms with E-state index in [0.29, 0.717) is 23.5 Å². The molecular weight excluding hydrogens is 366 g/mol. The minimum Gasteiger partial charge on any atom is -0.382 e. The third-order valence-corrected chi connectivity index (χ3v) is 7.19. The first-order valence-electron chi connectivity index (χ1n) is 9.41. The third-order valence-electron chi connectivity index (χ3n) is 5.33. The molecule has 1 aliphatic carbocycles. The number of carbonyl (C=O) groups excluding carboxylic acids is 1. The van der Waals surface area contributed by atoms with Crippen molar-refractivity contribution in [2.24, 2.45) is 17.5 Å². The summed E-state index contributed by atoms with van der Waals surface area (Å²) in [4.78, 5) is 12.5. The number of amides is 1. The van der Waals surface area contributed by atoms with Gasteiger partial charge >= 0.3 is 0 Å². The molecule has 152 valence electrons. The van der Waals surface area contributed by atoms with E-state index in [1.165, 1.54) is 6.42 Å². The lowest BCUT2D eigenvalue weighted by molar-refractivity contribution is -0.136. The molecule has 1 aromatic rings.